The molecule has 2 N–H and O–H groups in total. The van der Waals surface area contributed by atoms with Gasteiger partial charge >= 0.3 is 0 Å². The lowest BCUT2D eigenvalue weighted by atomic mass is 10.2. The first-order chi connectivity index (χ1) is 10.5. The van der Waals surface area contributed by atoms with Crippen molar-refractivity contribution in [3.8, 4) is 0 Å². The molecule has 1 heterocycles. The minimum absolute atomic E-state index is 0.00294. The Kier molecular flexibility index (Phi) is 5.51. The number of piperazine rings is 1. The smallest absolute Gasteiger partial charge is 0.241 e. The minimum atomic E-state index is -0.149. The number of nitrogens with zero attached hydrogens (tertiary/aromatic N) is 2. The van der Waals surface area contributed by atoms with Crippen LogP contribution >= 0.6 is 0 Å². The average molecular weight is 304 g/mol. The van der Waals surface area contributed by atoms with Gasteiger partial charge in [0.25, 0.3) is 0 Å². The monoisotopic (exact) mass is 304 g/mol. The van der Waals surface area contributed by atoms with Gasteiger partial charge in [0.2, 0.25) is 11.8 Å². The third-order valence-electron chi connectivity index (χ3n) is 3.94. The molecule has 1 aliphatic heterocycles. The molecule has 6 heteroatoms. The van der Waals surface area contributed by atoms with Crippen LogP contribution in [0.4, 0.5) is 11.4 Å². The van der Waals surface area contributed by atoms with Crippen LogP contribution in [0.3, 0.4) is 0 Å². The van der Waals surface area contributed by atoms with Gasteiger partial charge in [0.1, 0.15) is 0 Å². The van der Waals surface area contributed by atoms with Gasteiger partial charge in [-0.05, 0) is 38.2 Å². The predicted molar refractivity (Wildman–Crippen MR) is 87.9 cm³/mol. The topological polar surface area (TPSA) is 64.7 Å². The van der Waals surface area contributed by atoms with Crippen molar-refractivity contribution in [3.63, 3.8) is 0 Å². The van der Waals surface area contributed by atoms with Gasteiger partial charge in [-0.25, -0.2) is 0 Å². The quantitative estimate of drug-likeness (QED) is 0.878. The van der Waals surface area contributed by atoms with E-state index in [4.69, 9.17) is 0 Å². The van der Waals surface area contributed by atoms with Crippen LogP contribution in [0.15, 0.2) is 24.3 Å². The highest BCUT2D eigenvalue weighted by atomic mass is 16.2. The van der Waals surface area contributed by atoms with Gasteiger partial charge in [0, 0.05) is 44.5 Å². The second kappa shape index (κ2) is 7.38. The van der Waals surface area contributed by atoms with Crippen molar-refractivity contribution in [2.75, 3.05) is 43.9 Å². The molecule has 2 rings (SSSR count). The number of nitrogens with one attached hydrogen (secondary N) is 2. The van der Waals surface area contributed by atoms with Crippen LogP contribution in [-0.2, 0) is 9.59 Å². The van der Waals surface area contributed by atoms with Gasteiger partial charge in [-0.1, -0.05) is 0 Å². The molecule has 1 saturated heterocycles. The number of hydrogen-bond acceptors (Lipinski definition) is 4. The van der Waals surface area contributed by atoms with Crippen molar-refractivity contribution in [3.05, 3.63) is 24.3 Å². The fraction of sp³-hybridized carbons (Fsp3) is 0.500. The standard InChI is InChI=1S/C16H24N4O2/c1-12(20-10-8-19(3)9-11-20)16(22)18-15-6-4-14(5-7-15)17-13(2)21/h4-7,12H,8-11H2,1-3H3,(H,17,21)(H,18,22)/t12-/m0/s1. The largest absolute Gasteiger partial charge is 0.326 e. The first kappa shape index (κ1) is 16.5. The maximum atomic E-state index is 12.3. The van der Waals surface area contributed by atoms with Crippen LogP contribution in [0.1, 0.15) is 13.8 Å². The van der Waals surface area contributed by atoms with Crippen LogP contribution in [0.25, 0.3) is 0 Å². The van der Waals surface area contributed by atoms with E-state index < -0.39 is 0 Å². The van der Waals surface area contributed by atoms with Crippen molar-refractivity contribution in [1.82, 2.24) is 9.80 Å². The molecule has 2 amide bonds. The van der Waals surface area contributed by atoms with E-state index in [9.17, 15) is 9.59 Å². The van der Waals surface area contributed by atoms with Crippen molar-refractivity contribution >= 4 is 23.2 Å². The second-order valence-electron chi connectivity index (χ2n) is 5.76. The van der Waals surface area contributed by atoms with E-state index in [1.165, 1.54) is 6.92 Å². The zero-order valence-electron chi connectivity index (χ0n) is 13.4. The molecule has 120 valence electrons. The van der Waals surface area contributed by atoms with Gasteiger partial charge in [0.05, 0.1) is 6.04 Å². The maximum absolute atomic E-state index is 12.3. The molecule has 6 nitrogen and oxygen atoms in total. The Labute approximate surface area is 131 Å². The summed E-state index contributed by atoms with van der Waals surface area (Å²) >= 11 is 0. The summed E-state index contributed by atoms with van der Waals surface area (Å²) in [5.74, 6) is -0.114. The van der Waals surface area contributed by atoms with E-state index in [2.05, 4.69) is 27.5 Å². The van der Waals surface area contributed by atoms with E-state index in [1.54, 1.807) is 24.3 Å². The summed E-state index contributed by atoms with van der Waals surface area (Å²) in [5.41, 5.74) is 1.46. The number of anilines is 2. The molecule has 0 aromatic heterocycles. The van der Waals surface area contributed by atoms with E-state index >= 15 is 0 Å². The van der Waals surface area contributed by atoms with Crippen molar-refractivity contribution in [1.29, 1.82) is 0 Å². The first-order valence-electron chi connectivity index (χ1n) is 7.57. The zero-order valence-corrected chi connectivity index (χ0v) is 13.4. The SMILES string of the molecule is CC(=O)Nc1ccc(NC(=O)[C@H](C)N2CCN(C)CC2)cc1. The van der Waals surface area contributed by atoms with E-state index in [0.717, 1.165) is 37.6 Å². The van der Waals surface area contributed by atoms with Crippen LogP contribution in [0.2, 0.25) is 0 Å². The molecular weight excluding hydrogens is 280 g/mol. The van der Waals surface area contributed by atoms with Gasteiger partial charge < -0.3 is 15.5 Å². The normalized spacial score (nSPS) is 17.8. The molecule has 22 heavy (non-hydrogen) atoms. The average Bonchev–Trinajstić information content (AvgIpc) is 2.49. The Morgan fingerprint density at radius 2 is 1.50 bits per heavy atom. The van der Waals surface area contributed by atoms with Crippen LogP contribution in [0.5, 0.6) is 0 Å². The maximum Gasteiger partial charge on any atom is 0.241 e. The summed E-state index contributed by atoms with van der Waals surface area (Å²) in [6.45, 7) is 7.20. The minimum Gasteiger partial charge on any atom is -0.326 e. The Hall–Kier alpha value is -1.92. The molecule has 0 bridgehead atoms. The number of amides is 2. The number of carbonyl (C=O) groups excluding carboxylic acids is 2. The summed E-state index contributed by atoms with van der Waals surface area (Å²) in [5, 5.41) is 5.62. The number of rotatable bonds is 4. The number of carbonyl (C=O) groups is 2. The third-order valence-corrected chi connectivity index (χ3v) is 3.94. The summed E-state index contributed by atoms with van der Waals surface area (Å²) in [6.07, 6.45) is 0. The zero-order chi connectivity index (χ0) is 16.1. The second-order valence-corrected chi connectivity index (χ2v) is 5.76. The fourth-order valence-electron chi connectivity index (χ4n) is 2.46. The van der Waals surface area contributed by atoms with Crippen molar-refractivity contribution in [2.24, 2.45) is 0 Å². The third kappa shape index (κ3) is 4.54. The Morgan fingerprint density at radius 1 is 1.00 bits per heavy atom. The van der Waals surface area contributed by atoms with Crippen molar-refractivity contribution < 1.29 is 9.59 Å². The molecule has 0 radical (unpaired) electrons. The van der Waals surface area contributed by atoms with Crippen molar-refractivity contribution in [2.45, 2.75) is 19.9 Å². The molecule has 1 fully saturated rings. The van der Waals surface area contributed by atoms with E-state index in [-0.39, 0.29) is 17.9 Å². The molecule has 0 spiro atoms. The summed E-state index contributed by atoms with van der Waals surface area (Å²) < 4.78 is 0. The Balaban J connectivity index is 1.89. The lowest BCUT2D eigenvalue weighted by Crippen LogP contribution is -2.51. The lowest BCUT2D eigenvalue weighted by Gasteiger charge is -2.35. The summed E-state index contributed by atoms with van der Waals surface area (Å²) in [7, 11) is 2.10. The molecule has 0 saturated carbocycles. The molecule has 1 aliphatic rings. The Bertz CT molecular complexity index is 521. The molecule has 0 aliphatic carbocycles. The lowest BCUT2D eigenvalue weighted by molar-refractivity contribution is -0.121. The molecule has 1 aromatic carbocycles. The summed E-state index contributed by atoms with van der Waals surface area (Å²) in [4.78, 5) is 27.8. The molecule has 0 unspecified atom stereocenters. The highest BCUT2D eigenvalue weighted by Gasteiger charge is 2.24. The highest BCUT2D eigenvalue weighted by molar-refractivity contribution is 5.95. The van der Waals surface area contributed by atoms with Gasteiger partial charge in [-0.2, -0.15) is 0 Å². The predicted octanol–water partition coefficient (Wildman–Crippen LogP) is 1.22. The Morgan fingerprint density at radius 3 is 2.00 bits per heavy atom. The molecular formula is C16H24N4O2. The number of benzene rings is 1. The van der Waals surface area contributed by atoms with Gasteiger partial charge in [-0.3, -0.25) is 14.5 Å². The van der Waals surface area contributed by atoms with Crippen LogP contribution < -0.4 is 10.6 Å². The fourth-order valence-corrected chi connectivity index (χ4v) is 2.46. The summed E-state index contributed by atoms with van der Waals surface area (Å²) in [6, 6.07) is 6.98. The number of likely N-dealkylation sites (N-methyl/N-ethyl adjacent to an activating group) is 1. The molecule has 1 aromatic rings. The van der Waals surface area contributed by atoms with Gasteiger partial charge in [-0.15, -0.1) is 0 Å². The van der Waals surface area contributed by atoms with E-state index in [0.29, 0.717) is 0 Å². The van der Waals surface area contributed by atoms with E-state index in [1.807, 2.05) is 6.92 Å². The van der Waals surface area contributed by atoms with Gasteiger partial charge in [0.15, 0.2) is 0 Å². The van der Waals surface area contributed by atoms with Crippen LogP contribution in [-0.4, -0.2) is 60.9 Å². The van der Waals surface area contributed by atoms with Crippen LogP contribution in [0, 0.1) is 0 Å². The first-order valence-corrected chi connectivity index (χ1v) is 7.57. The highest BCUT2D eigenvalue weighted by Crippen LogP contribution is 2.15. The number of hydrogen-bond donors (Lipinski definition) is 2. The molecule has 1 atom stereocenters.